The Bertz CT molecular complexity index is 863. The highest BCUT2D eigenvalue weighted by Gasteiger charge is 2.30. The summed E-state index contributed by atoms with van der Waals surface area (Å²) in [5.74, 6) is 1.84. The van der Waals surface area contributed by atoms with Gasteiger partial charge in [0.05, 0.1) is 20.8 Å². The fourth-order valence-electron chi connectivity index (χ4n) is 3.43. The van der Waals surface area contributed by atoms with E-state index >= 15 is 0 Å². The fourth-order valence-corrected chi connectivity index (χ4v) is 3.43. The van der Waals surface area contributed by atoms with Crippen LogP contribution in [0.2, 0.25) is 0 Å². The zero-order valence-electron chi connectivity index (χ0n) is 17.4. The highest BCUT2D eigenvalue weighted by atomic mass is 16.5. The van der Waals surface area contributed by atoms with Crippen LogP contribution in [-0.2, 0) is 4.79 Å². The number of nitrogens with one attached hydrogen (secondary N) is 2. The maximum absolute atomic E-state index is 12.4. The molecule has 8 heteroatoms. The van der Waals surface area contributed by atoms with Crippen LogP contribution in [0.4, 0.5) is 16.2 Å². The molecule has 0 bridgehead atoms. The Morgan fingerprint density at radius 3 is 2.37 bits per heavy atom. The molecule has 3 amide bonds. The first-order valence-corrected chi connectivity index (χ1v) is 9.84. The summed E-state index contributed by atoms with van der Waals surface area (Å²) in [6.45, 7) is 3.45. The highest BCUT2D eigenvalue weighted by molar-refractivity contribution is 5.96. The summed E-state index contributed by atoms with van der Waals surface area (Å²) in [5, 5.41) is 5.60. The molecule has 2 aromatic carbocycles. The van der Waals surface area contributed by atoms with Crippen LogP contribution in [0, 0.1) is 5.92 Å². The lowest BCUT2D eigenvalue weighted by Gasteiger charge is -2.18. The van der Waals surface area contributed by atoms with Crippen LogP contribution in [0.25, 0.3) is 0 Å². The Hall–Kier alpha value is -3.42. The zero-order chi connectivity index (χ0) is 21.5. The number of ether oxygens (including phenoxy) is 3. The average molecular weight is 413 g/mol. The van der Waals surface area contributed by atoms with Crippen molar-refractivity contribution in [1.82, 2.24) is 5.32 Å². The average Bonchev–Trinajstić information content (AvgIpc) is 3.13. The Morgan fingerprint density at radius 1 is 1.10 bits per heavy atom. The molecule has 1 saturated heterocycles. The maximum atomic E-state index is 12.4. The molecule has 1 aliphatic rings. The second-order valence-corrected chi connectivity index (χ2v) is 6.87. The first kappa shape index (κ1) is 21.3. The molecule has 1 aliphatic heterocycles. The molecule has 30 heavy (non-hydrogen) atoms. The third-order valence-electron chi connectivity index (χ3n) is 4.88. The summed E-state index contributed by atoms with van der Waals surface area (Å²) in [6, 6.07) is 12.3. The molecule has 0 saturated carbocycles. The van der Waals surface area contributed by atoms with Crippen LogP contribution < -0.4 is 29.7 Å². The third-order valence-corrected chi connectivity index (χ3v) is 4.88. The number of nitrogens with zero attached hydrogens (tertiary/aromatic N) is 1. The lowest BCUT2D eigenvalue weighted by Crippen LogP contribution is -2.34. The van der Waals surface area contributed by atoms with Gasteiger partial charge in [-0.05, 0) is 43.3 Å². The summed E-state index contributed by atoms with van der Waals surface area (Å²) in [4.78, 5) is 26.6. The molecule has 0 spiro atoms. The van der Waals surface area contributed by atoms with Crippen LogP contribution in [0.3, 0.4) is 0 Å². The minimum Gasteiger partial charge on any atom is -0.494 e. The standard InChI is InChI=1S/C22H27N3O5/c1-4-30-17-10-8-16(9-11-17)25-14-15(12-20(25)26)13-23-22(27)24-21-18(28-2)6-5-7-19(21)29-3/h5-11,15H,4,12-14H2,1-3H3,(H2,23,24,27). The van der Waals surface area contributed by atoms with Gasteiger partial charge in [0.1, 0.15) is 22.9 Å². The molecule has 0 aromatic heterocycles. The Kier molecular flexibility index (Phi) is 7.00. The van der Waals surface area contributed by atoms with Crippen LogP contribution >= 0.6 is 0 Å². The van der Waals surface area contributed by atoms with Crippen molar-refractivity contribution in [2.45, 2.75) is 13.3 Å². The maximum Gasteiger partial charge on any atom is 0.319 e. The normalized spacial score (nSPS) is 15.6. The lowest BCUT2D eigenvalue weighted by molar-refractivity contribution is -0.117. The summed E-state index contributed by atoms with van der Waals surface area (Å²) < 4.78 is 16.0. The van der Waals surface area contributed by atoms with E-state index in [1.165, 1.54) is 14.2 Å². The minimum absolute atomic E-state index is 0.0226. The number of para-hydroxylation sites is 1. The van der Waals surface area contributed by atoms with E-state index in [0.717, 1.165) is 11.4 Å². The van der Waals surface area contributed by atoms with E-state index in [9.17, 15) is 9.59 Å². The number of carbonyl (C=O) groups is 2. The fraction of sp³-hybridized carbons (Fsp3) is 0.364. The largest absolute Gasteiger partial charge is 0.494 e. The Balaban J connectivity index is 1.56. The van der Waals surface area contributed by atoms with Gasteiger partial charge in [-0.15, -0.1) is 0 Å². The molecular weight excluding hydrogens is 386 g/mol. The Labute approximate surface area is 176 Å². The summed E-state index contributed by atoms with van der Waals surface area (Å²) >= 11 is 0. The number of anilines is 2. The molecule has 1 fully saturated rings. The van der Waals surface area contributed by atoms with E-state index in [1.807, 2.05) is 31.2 Å². The van der Waals surface area contributed by atoms with E-state index in [1.54, 1.807) is 23.1 Å². The van der Waals surface area contributed by atoms with Gasteiger partial charge in [-0.25, -0.2) is 4.79 Å². The van der Waals surface area contributed by atoms with Crippen molar-refractivity contribution >= 4 is 23.3 Å². The van der Waals surface area contributed by atoms with E-state index in [4.69, 9.17) is 14.2 Å². The first-order valence-electron chi connectivity index (χ1n) is 9.84. The van der Waals surface area contributed by atoms with Gasteiger partial charge >= 0.3 is 6.03 Å². The van der Waals surface area contributed by atoms with Crippen LogP contribution in [0.1, 0.15) is 13.3 Å². The van der Waals surface area contributed by atoms with Gasteiger partial charge in [-0.3, -0.25) is 4.79 Å². The molecule has 1 atom stereocenters. The monoisotopic (exact) mass is 413 g/mol. The van der Waals surface area contributed by atoms with E-state index in [0.29, 0.717) is 43.3 Å². The van der Waals surface area contributed by atoms with Gasteiger partial charge in [-0.2, -0.15) is 0 Å². The van der Waals surface area contributed by atoms with E-state index < -0.39 is 0 Å². The van der Waals surface area contributed by atoms with Gasteiger partial charge in [0, 0.05) is 31.1 Å². The first-order chi connectivity index (χ1) is 14.5. The van der Waals surface area contributed by atoms with Gasteiger partial charge in [-0.1, -0.05) is 6.07 Å². The SMILES string of the molecule is CCOc1ccc(N2CC(CNC(=O)Nc3c(OC)cccc3OC)CC2=O)cc1. The Morgan fingerprint density at radius 2 is 1.77 bits per heavy atom. The third kappa shape index (κ3) is 4.94. The molecule has 1 heterocycles. The molecule has 3 rings (SSSR count). The van der Waals surface area contributed by atoms with Crippen LogP contribution in [0.15, 0.2) is 42.5 Å². The van der Waals surface area contributed by atoms with Crippen molar-refractivity contribution in [3.05, 3.63) is 42.5 Å². The quantitative estimate of drug-likeness (QED) is 0.693. The molecule has 2 N–H and O–H groups in total. The van der Waals surface area contributed by atoms with Crippen molar-refractivity contribution < 1.29 is 23.8 Å². The van der Waals surface area contributed by atoms with Crippen molar-refractivity contribution in [1.29, 1.82) is 0 Å². The smallest absolute Gasteiger partial charge is 0.319 e. The molecule has 2 aromatic rings. The number of hydrogen-bond acceptors (Lipinski definition) is 5. The number of rotatable bonds is 8. The van der Waals surface area contributed by atoms with Crippen LogP contribution in [-0.4, -0.2) is 45.9 Å². The molecule has 1 unspecified atom stereocenters. The number of amides is 3. The molecule has 8 nitrogen and oxygen atoms in total. The molecular formula is C22H27N3O5. The molecule has 160 valence electrons. The van der Waals surface area contributed by atoms with Gasteiger partial charge in [0.25, 0.3) is 0 Å². The predicted octanol–water partition coefficient (Wildman–Crippen LogP) is 3.28. The van der Waals surface area contributed by atoms with Gasteiger partial charge in [0.2, 0.25) is 5.91 Å². The predicted molar refractivity (Wildman–Crippen MR) is 115 cm³/mol. The van der Waals surface area contributed by atoms with Crippen LogP contribution in [0.5, 0.6) is 17.2 Å². The topological polar surface area (TPSA) is 89.1 Å². The number of hydrogen-bond donors (Lipinski definition) is 2. The second kappa shape index (κ2) is 9.87. The minimum atomic E-state index is -0.384. The summed E-state index contributed by atoms with van der Waals surface area (Å²) in [7, 11) is 3.05. The number of carbonyl (C=O) groups excluding carboxylic acids is 2. The number of benzene rings is 2. The second-order valence-electron chi connectivity index (χ2n) is 6.87. The van der Waals surface area contributed by atoms with Crippen molar-refractivity contribution in [3.8, 4) is 17.2 Å². The summed E-state index contributed by atoms with van der Waals surface area (Å²) in [6.07, 6.45) is 0.380. The van der Waals surface area contributed by atoms with E-state index in [-0.39, 0.29) is 17.9 Å². The van der Waals surface area contributed by atoms with Crippen molar-refractivity contribution in [2.75, 3.05) is 44.1 Å². The highest BCUT2D eigenvalue weighted by Crippen LogP contribution is 2.34. The van der Waals surface area contributed by atoms with Gasteiger partial charge < -0.3 is 29.7 Å². The van der Waals surface area contributed by atoms with Crippen molar-refractivity contribution in [3.63, 3.8) is 0 Å². The summed E-state index contributed by atoms with van der Waals surface area (Å²) in [5.41, 5.74) is 1.28. The molecule has 0 aliphatic carbocycles. The molecule has 0 radical (unpaired) electrons. The lowest BCUT2D eigenvalue weighted by atomic mass is 10.1. The zero-order valence-corrected chi connectivity index (χ0v) is 17.4. The van der Waals surface area contributed by atoms with Crippen molar-refractivity contribution in [2.24, 2.45) is 5.92 Å². The number of methoxy groups -OCH3 is 2. The van der Waals surface area contributed by atoms with E-state index in [2.05, 4.69) is 10.6 Å². The number of urea groups is 1. The van der Waals surface area contributed by atoms with Gasteiger partial charge in [0.15, 0.2) is 0 Å².